The van der Waals surface area contributed by atoms with Crippen LogP contribution in [0.1, 0.15) is 30.0 Å². The van der Waals surface area contributed by atoms with Crippen molar-refractivity contribution >= 4 is 29.1 Å². The Morgan fingerprint density at radius 1 is 1.29 bits per heavy atom. The molecule has 24 heavy (non-hydrogen) atoms. The zero-order valence-corrected chi connectivity index (χ0v) is 14.3. The summed E-state index contributed by atoms with van der Waals surface area (Å²) >= 11 is 12.4. The Kier molecular flexibility index (Phi) is 5.23. The molecular weight excluding hydrogens is 349 g/mol. The number of benzene rings is 1. The van der Waals surface area contributed by atoms with Gasteiger partial charge in [0.15, 0.2) is 0 Å². The van der Waals surface area contributed by atoms with E-state index in [0.717, 1.165) is 24.9 Å². The van der Waals surface area contributed by atoms with Crippen molar-refractivity contribution in [1.29, 1.82) is 0 Å². The van der Waals surface area contributed by atoms with Gasteiger partial charge in [0.25, 0.3) is 0 Å². The van der Waals surface area contributed by atoms with Crippen LogP contribution in [0.2, 0.25) is 10.0 Å². The van der Waals surface area contributed by atoms with Crippen molar-refractivity contribution in [2.75, 3.05) is 6.54 Å². The lowest BCUT2D eigenvalue weighted by molar-refractivity contribution is -0.123. The summed E-state index contributed by atoms with van der Waals surface area (Å²) in [5.74, 6) is -0.157. The number of amides is 1. The van der Waals surface area contributed by atoms with E-state index in [9.17, 15) is 9.90 Å². The van der Waals surface area contributed by atoms with Gasteiger partial charge in [-0.2, -0.15) is 0 Å². The molecule has 0 radical (unpaired) electrons. The molecule has 3 rings (SSSR count). The number of aromatic nitrogens is 1. The molecule has 0 saturated carbocycles. The Morgan fingerprint density at radius 3 is 2.71 bits per heavy atom. The molecule has 0 aliphatic carbocycles. The second kappa shape index (κ2) is 7.38. The van der Waals surface area contributed by atoms with Crippen molar-refractivity contribution in [3.05, 3.63) is 57.8 Å². The predicted molar refractivity (Wildman–Crippen MR) is 93.4 cm³/mol. The molecule has 1 aliphatic rings. The van der Waals surface area contributed by atoms with Crippen molar-refractivity contribution < 1.29 is 9.90 Å². The minimum absolute atomic E-state index is 0.0223. The highest BCUT2D eigenvalue weighted by atomic mass is 35.5. The van der Waals surface area contributed by atoms with Gasteiger partial charge in [-0.3, -0.25) is 9.78 Å². The Morgan fingerprint density at radius 2 is 2.04 bits per heavy atom. The van der Waals surface area contributed by atoms with Gasteiger partial charge in [0.2, 0.25) is 5.91 Å². The fraction of sp³-hybridized carbons (Fsp3) is 0.294. The van der Waals surface area contributed by atoms with E-state index in [2.05, 4.69) is 15.6 Å². The highest BCUT2D eigenvalue weighted by molar-refractivity contribution is 6.42. The molecule has 1 aromatic heterocycles. The molecule has 5 nitrogen and oxygen atoms in total. The van der Waals surface area contributed by atoms with Crippen LogP contribution < -0.4 is 10.6 Å². The molecular formula is C17H17Cl2N3O2. The second-order valence-corrected chi connectivity index (χ2v) is 6.45. The van der Waals surface area contributed by atoms with E-state index in [-0.39, 0.29) is 22.7 Å². The number of carbonyl (C=O) groups excluding carboxylic acids is 1. The molecule has 0 bridgehead atoms. The van der Waals surface area contributed by atoms with Gasteiger partial charge in [0.1, 0.15) is 5.75 Å². The summed E-state index contributed by atoms with van der Waals surface area (Å²) in [6.45, 7) is 0.821. The molecule has 2 aromatic rings. The van der Waals surface area contributed by atoms with Crippen LogP contribution in [0, 0.1) is 0 Å². The molecule has 1 fully saturated rings. The maximum Gasteiger partial charge on any atom is 0.237 e. The topological polar surface area (TPSA) is 74.2 Å². The summed E-state index contributed by atoms with van der Waals surface area (Å²) in [7, 11) is 0. The molecule has 7 heteroatoms. The van der Waals surface area contributed by atoms with Gasteiger partial charge in [-0.1, -0.05) is 23.2 Å². The first-order valence-corrected chi connectivity index (χ1v) is 8.44. The van der Waals surface area contributed by atoms with E-state index in [1.807, 2.05) is 0 Å². The molecule has 1 saturated heterocycles. The number of hydrogen-bond donors (Lipinski definition) is 3. The van der Waals surface area contributed by atoms with Gasteiger partial charge in [-0.15, -0.1) is 0 Å². The van der Waals surface area contributed by atoms with E-state index in [4.69, 9.17) is 23.2 Å². The first kappa shape index (κ1) is 17.0. The standard InChI is InChI=1S/C17H17Cl2N3O2/c18-11-3-4-13(23)14(15(11)19)16(10-5-8-20-9-6-10)22-17(24)12-2-1-7-21-12/h3-6,8-9,12,16,21,23H,1-2,7H2,(H,22,24)/t12-,16-/m1/s1. The maximum absolute atomic E-state index is 12.6. The Bertz CT molecular complexity index is 734. The van der Waals surface area contributed by atoms with E-state index in [1.165, 1.54) is 12.1 Å². The fourth-order valence-electron chi connectivity index (χ4n) is 2.86. The first-order chi connectivity index (χ1) is 11.6. The predicted octanol–water partition coefficient (Wildman–Crippen LogP) is 3.05. The van der Waals surface area contributed by atoms with Crippen molar-refractivity contribution in [3.8, 4) is 5.75 Å². The number of carbonyl (C=O) groups is 1. The second-order valence-electron chi connectivity index (χ2n) is 5.67. The zero-order chi connectivity index (χ0) is 17.1. The molecule has 3 N–H and O–H groups in total. The smallest absolute Gasteiger partial charge is 0.237 e. The maximum atomic E-state index is 12.6. The normalized spacial score (nSPS) is 18.3. The Balaban J connectivity index is 2.00. The lowest BCUT2D eigenvalue weighted by Crippen LogP contribution is -2.42. The molecule has 1 amide bonds. The van der Waals surface area contributed by atoms with Gasteiger partial charge < -0.3 is 15.7 Å². The number of pyridine rings is 1. The number of nitrogens with zero attached hydrogens (tertiary/aromatic N) is 1. The first-order valence-electron chi connectivity index (χ1n) is 7.68. The fourth-order valence-corrected chi connectivity index (χ4v) is 3.29. The Hall–Kier alpha value is -1.82. The SMILES string of the molecule is O=C(N[C@H](c1ccncc1)c1c(O)ccc(Cl)c1Cl)[C@H]1CCCN1. The number of halogens is 2. The number of phenols is 1. The third-order valence-electron chi connectivity index (χ3n) is 4.10. The quantitative estimate of drug-likeness (QED) is 0.778. The number of aromatic hydroxyl groups is 1. The minimum atomic E-state index is -0.617. The van der Waals surface area contributed by atoms with E-state index in [0.29, 0.717) is 10.6 Å². The van der Waals surface area contributed by atoms with Crippen molar-refractivity contribution in [1.82, 2.24) is 15.6 Å². The lowest BCUT2D eigenvalue weighted by atomic mass is 9.98. The lowest BCUT2D eigenvalue weighted by Gasteiger charge is -2.24. The van der Waals surface area contributed by atoms with Crippen LogP contribution in [0.4, 0.5) is 0 Å². The molecule has 0 unspecified atom stereocenters. The molecule has 126 valence electrons. The minimum Gasteiger partial charge on any atom is -0.508 e. The van der Waals surface area contributed by atoms with Gasteiger partial charge >= 0.3 is 0 Å². The van der Waals surface area contributed by atoms with Crippen LogP contribution in [0.15, 0.2) is 36.7 Å². The summed E-state index contributed by atoms with van der Waals surface area (Å²) in [5, 5.41) is 17.0. The molecule has 2 heterocycles. The van der Waals surface area contributed by atoms with Crippen LogP contribution in [-0.4, -0.2) is 28.6 Å². The molecule has 0 spiro atoms. The van der Waals surface area contributed by atoms with E-state index < -0.39 is 6.04 Å². The van der Waals surface area contributed by atoms with Crippen LogP contribution in [0.3, 0.4) is 0 Å². The third-order valence-corrected chi connectivity index (χ3v) is 4.92. The van der Waals surface area contributed by atoms with Crippen LogP contribution in [0.5, 0.6) is 5.75 Å². The van der Waals surface area contributed by atoms with Gasteiger partial charge in [0.05, 0.1) is 22.1 Å². The van der Waals surface area contributed by atoms with E-state index >= 15 is 0 Å². The number of hydrogen-bond acceptors (Lipinski definition) is 4. The molecule has 2 atom stereocenters. The highest BCUT2D eigenvalue weighted by Gasteiger charge is 2.28. The zero-order valence-electron chi connectivity index (χ0n) is 12.8. The van der Waals surface area contributed by atoms with Crippen LogP contribution >= 0.6 is 23.2 Å². The van der Waals surface area contributed by atoms with Crippen LogP contribution in [0.25, 0.3) is 0 Å². The third kappa shape index (κ3) is 3.48. The van der Waals surface area contributed by atoms with Gasteiger partial charge in [0, 0.05) is 18.0 Å². The molecule has 1 aromatic carbocycles. The summed E-state index contributed by atoms with van der Waals surface area (Å²) in [6.07, 6.45) is 4.99. The van der Waals surface area contributed by atoms with E-state index in [1.54, 1.807) is 24.5 Å². The Labute approximate surface area is 150 Å². The van der Waals surface area contributed by atoms with Crippen molar-refractivity contribution in [2.24, 2.45) is 0 Å². The summed E-state index contributed by atoms with van der Waals surface area (Å²) in [6, 6.07) is 5.67. The largest absolute Gasteiger partial charge is 0.508 e. The summed E-state index contributed by atoms with van der Waals surface area (Å²) in [5.41, 5.74) is 1.14. The molecule has 1 aliphatic heterocycles. The van der Waals surface area contributed by atoms with Crippen molar-refractivity contribution in [3.63, 3.8) is 0 Å². The summed E-state index contributed by atoms with van der Waals surface area (Å²) < 4.78 is 0. The average molecular weight is 366 g/mol. The number of nitrogens with one attached hydrogen (secondary N) is 2. The highest BCUT2D eigenvalue weighted by Crippen LogP contribution is 2.39. The van der Waals surface area contributed by atoms with Gasteiger partial charge in [-0.05, 0) is 49.2 Å². The van der Waals surface area contributed by atoms with Crippen molar-refractivity contribution in [2.45, 2.75) is 24.9 Å². The monoisotopic (exact) mass is 365 g/mol. The van der Waals surface area contributed by atoms with Gasteiger partial charge in [-0.25, -0.2) is 0 Å². The van der Waals surface area contributed by atoms with Crippen LogP contribution in [-0.2, 0) is 4.79 Å². The summed E-state index contributed by atoms with van der Waals surface area (Å²) in [4.78, 5) is 16.6. The average Bonchev–Trinajstić information content (AvgIpc) is 3.13. The number of rotatable bonds is 4. The number of phenolic OH excluding ortho intramolecular Hbond substituents is 1.